The molecule has 0 spiro atoms. The van der Waals surface area contributed by atoms with Crippen LogP contribution in [0.25, 0.3) is 0 Å². The smallest absolute Gasteiger partial charge is 0.151 e. The van der Waals surface area contributed by atoms with Gasteiger partial charge in [0.2, 0.25) is 0 Å². The van der Waals surface area contributed by atoms with Crippen LogP contribution in [0, 0.1) is 0 Å². The lowest BCUT2D eigenvalue weighted by Gasteiger charge is -2.36. The average Bonchev–Trinajstić information content (AvgIpc) is 2.96. The fourth-order valence-corrected chi connectivity index (χ4v) is 5.94. The number of rotatable bonds is 20. The molecule has 38 heavy (non-hydrogen) atoms. The minimum atomic E-state index is -1.12. The van der Waals surface area contributed by atoms with Gasteiger partial charge in [-0.2, -0.15) is 0 Å². The molecule has 206 valence electrons. The minimum Gasteiger partial charge on any atom is -0.368 e. The van der Waals surface area contributed by atoms with Crippen molar-refractivity contribution in [3.63, 3.8) is 0 Å². The molecule has 0 aliphatic heterocycles. The fraction of sp³-hybridized carbons (Fsp3) is 0.500. The summed E-state index contributed by atoms with van der Waals surface area (Å²) in [5.41, 5.74) is 4.06. The first-order valence-electron chi connectivity index (χ1n) is 15.3. The maximum absolute atomic E-state index is 8.87. The first kappa shape index (κ1) is 30.1. The predicted octanol–water partition coefficient (Wildman–Crippen LogP) is 9.57. The van der Waals surface area contributed by atoms with Gasteiger partial charge in [-0.1, -0.05) is 174 Å². The molecular weight excluding hydrogens is 464 g/mol. The molecule has 0 saturated carbocycles. The third kappa shape index (κ3) is 10.0. The number of hydrogen-bond acceptors (Lipinski definition) is 2. The van der Waals surface area contributed by atoms with E-state index in [0.29, 0.717) is 6.42 Å². The SMILES string of the molecule is OC(O)CCCCCCCCCCCCCCCCC(c1ccccc1)(c1ccccc1)c1ccccc1. The van der Waals surface area contributed by atoms with Gasteiger partial charge in [0, 0.05) is 5.41 Å². The second-order valence-electron chi connectivity index (χ2n) is 11.0. The number of hydrogen-bond donors (Lipinski definition) is 2. The van der Waals surface area contributed by atoms with Gasteiger partial charge in [0.1, 0.15) is 0 Å². The Morgan fingerprint density at radius 3 is 1.00 bits per heavy atom. The summed E-state index contributed by atoms with van der Waals surface area (Å²) in [7, 11) is 0. The molecule has 0 atom stereocenters. The number of aliphatic hydroxyl groups excluding tert-OH is 1. The molecule has 2 N–H and O–H groups in total. The molecule has 0 bridgehead atoms. The molecule has 0 amide bonds. The summed E-state index contributed by atoms with van der Waals surface area (Å²) in [6.45, 7) is 0. The lowest BCUT2D eigenvalue weighted by molar-refractivity contribution is -0.0466. The zero-order chi connectivity index (χ0) is 26.7. The molecule has 0 unspecified atom stereocenters. The van der Waals surface area contributed by atoms with Crippen LogP contribution in [0.15, 0.2) is 91.0 Å². The summed E-state index contributed by atoms with van der Waals surface area (Å²) >= 11 is 0. The quantitative estimate of drug-likeness (QED) is 0.0895. The van der Waals surface area contributed by atoms with Gasteiger partial charge in [0.15, 0.2) is 6.29 Å². The summed E-state index contributed by atoms with van der Waals surface area (Å²) < 4.78 is 0. The number of unbranched alkanes of at least 4 members (excludes halogenated alkanes) is 13. The van der Waals surface area contributed by atoms with E-state index in [9.17, 15) is 0 Å². The van der Waals surface area contributed by atoms with Crippen LogP contribution in [0.5, 0.6) is 0 Å². The van der Waals surface area contributed by atoms with Crippen molar-refractivity contribution in [3.05, 3.63) is 108 Å². The van der Waals surface area contributed by atoms with E-state index in [1.165, 1.54) is 93.7 Å². The van der Waals surface area contributed by atoms with Gasteiger partial charge < -0.3 is 10.2 Å². The fourth-order valence-electron chi connectivity index (χ4n) is 5.94. The Morgan fingerprint density at radius 2 is 0.684 bits per heavy atom. The minimum absolute atomic E-state index is 0.107. The molecule has 0 heterocycles. The Kier molecular flexibility index (Phi) is 14.2. The van der Waals surface area contributed by atoms with Crippen molar-refractivity contribution >= 4 is 0 Å². The largest absolute Gasteiger partial charge is 0.368 e. The number of aliphatic hydroxyl groups is 2. The van der Waals surface area contributed by atoms with Gasteiger partial charge in [0.25, 0.3) is 0 Å². The van der Waals surface area contributed by atoms with Crippen LogP contribution in [0.1, 0.15) is 119 Å². The van der Waals surface area contributed by atoms with E-state index >= 15 is 0 Å². The van der Waals surface area contributed by atoms with Crippen molar-refractivity contribution in [2.24, 2.45) is 0 Å². The molecule has 0 aliphatic carbocycles. The van der Waals surface area contributed by atoms with Crippen LogP contribution < -0.4 is 0 Å². The van der Waals surface area contributed by atoms with Gasteiger partial charge in [0.05, 0.1) is 0 Å². The van der Waals surface area contributed by atoms with E-state index in [1.807, 2.05) is 0 Å². The summed E-state index contributed by atoms with van der Waals surface area (Å²) in [6.07, 6.45) is 18.5. The van der Waals surface area contributed by atoms with Gasteiger partial charge >= 0.3 is 0 Å². The Balaban J connectivity index is 1.38. The molecule has 0 fully saturated rings. The van der Waals surface area contributed by atoms with Gasteiger partial charge in [-0.3, -0.25) is 0 Å². The zero-order valence-corrected chi connectivity index (χ0v) is 23.4. The van der Waals surface area contributed by atoms with Crippen molar-refractivity contribution in [1.29, 1.82) is 0 Å². The maximum atomic E-state index is 8.87. The zero-order valence-electron chi connectivity index (χ0n) is 23.4. The molecular formula is C36H50O2. The van der Waals surface area contributed by atoms with E-state index in [1.54, 1.807) is 0 Å². The van der Waals surface area contributed by atoms with Gasteiger partial charge in [-0.05, 0) is 36.0 Å². The van der Waals surface area contributed by atoms with Crippen LogP contribution >= 0.6 is 0 Å². The predicted molar refractivity (Wildman–Crippen MR) is 161 cm³/mol. The second kappa shape index (κ2) is 18.0. The third-order valence-electron chi connectivity index (χ3n) is 8.06. The molecule has 0 aliphatic rings. The van der Waals surface area contributed by atoms with E-state index in [2.05, 4.69) is 91.0 Å². The van der Waals surface area contributed by atoms with Crippen molar-refractivity contribution in [1.82, 2.24) is 0 Å². The van der Waals surface area contributed by atoms with Crippen LogP contribution in [0.4, 0.5) is 0 Å². The molecule has 3 aromatic rings. The highest BCUT2D eigenvalue weighted by Gasteiger charge is 2.35. The van der Waals surface area contributed by atoms with E-state index < -0.39 is 6.29 Å². The molecule has 2 nitrogen and oxygen atoms in total. The van der Waals surface area contributed by atoms with Crippen LogP contribution in [-0.2, 0) is 5.41 Å². The Hall–Kier alpha value is -2.42. The van der Waals surface area contributed by atoms with Crippen LogP contribution in [0.3, 0.4) is 0 Å². The molecule has 0 radical (unpaired) electrons. The Bertz CT molecular complexity index is 856. The van der Waals surface area contributed by atoms with Crippen LogP contribution in [-0.4, -0.2) is 16.5 Å². The lowest BCUT2D eigenvalue weighted by Crippen LogP contribution is -2.29. The molecule has 2 heteroatoms. The van der Waals surface area contributed by atoms with Crippen molar-refractivity contribution in [2.75, 3.05) is 0 Å². The Labute approximate surface area is 232 Å². The summed E-state index contributed by atoms with van der Waals surface area (Å²) in [5, 5.41) is 17.7. The van der Waals surface area contributed by atoms with Crippen molar-refractivity contribution in [3.8, 4) is 0 Å². The van der Waals surface area contributed by atoms with Gasteiger partial charge in [-0.25, -0.2) is 0 Å². The topological polar surface area (TPSA) is 40.5 Å². The highest BCUT2D eigenvalue weighted by molar-refractivity contribution is 5.50. The molecule has 0 saturated heterocycles. The monoisotopic (exact) mass is 514 g/mol. The summed E-state index contributed by atoms with van der Waals surface area (Å²) in [6, 6.07) is 33.3. The highest BCUT2D eigenvalue weighted by atomic mass is 16.5. The molecule has 0 aromatic heterocycles. The normalized spacial score (nSPS) is 11.8. The second-order valence-corrected chi connectivity index (χ2v) is 11.0. The first-order chi connectivity index (χ1) is 18.7. The maximum Gasteiger partial charge on any atom is 0.151 e. The Morgan fingerprint density at radius 1 is 0.395 bits per heavy atom. The molecule has 3 rings (SSSR count). The average molecular weight is 515 g/mol. The van der Waals surface area contributed by atoms with Crippen molar-refractivity contribution in [2.45, 2.75) is 114 Å². The van der Waals surface area contributed by atoms with E-state index in [4.69, 9.17) is 10.2 Å². The van der Waals surface area contributed by atoms with Gasteiger partial charge in [-0.15, -0.1) is 0 Å². The number of benzene rings is 3. The van der Waals surface area contributed by atoms with E-state index in [-0.39, 0.29) is 5.41 Å². The highest BCUT2D eigenvalue weighted by Crippen LogP contribution is 2.43. The van der Waals surface area contributed by atoms with E-state index in [0.717, 1.165) is 19.3 Å². The first-order valence-corrected chi connectivity index (χ1v) is 15.3. The lowest BCUT2D eigenvalue weighted by atomic mass is 9.66. The summed E-state index contributed by atoms with van der Waals surface area (Å²) in [5.74, 6) is 0. The summed E-state index contributed by atoms with van der Waals surface area (Å²) in [4.78, 5) is 0. The van der Waals surface area contributed by atoms with Crippen LogP contribution in [0.2, 0.25) is 0 Å². The third-order valence-corrected chi connectivity index (χ3v) is 8.06. The molecule has 3 aromatic carbocycles. The standard InChI is InChI=1S/C36H50O2/c37-35(38)30-22-11-9-7-5-3-1-2-4-6-8-10-12-23-31-36(32-24-16-13-17-25-32,33-26-18-14-19-27-33)34-28-20-15-21-29-34/h13-21,24-29,35,37-38H,1-12,22-23,30-31H2. The van der Waals surface area contributed by atoms with Crippen molar-refractivity contribution < 1.29 is 10.2 Å².